The first-order valence-corrected chi connectivity index (χ1v) is 4.36. The highest BCUT2D eigenvalue weighted by Gasteiger charge is 2.72. The van der Waals surface area contributed by atoms with Crippen LogP contribution in [0.3, 0.4) is 0 Å². The summed E-state index contributed by atoms with van der Waals surface area (Å²) in [6.07, 6.45) is 4.71. The largest absolute Gasteiger partial charge is 0.467 e. The molecule has 0 spiro atoms. The normalized spacial score (nSPS) is 50.1. The predicted octanol–water partition coefficient (Wildman–Crippen LogP) is 0.0243. The Kier molecular flexibility index (Phi) is 1.24. The highest BCUT2D eigenvalue weighted by atomic mass is 16.7. The smallest absolute Gasteiger partial charge is 0.341 e. The van der Waals surface area contributed by atoms with Gasteiger partial charge in [0.1, 0.15) is 18.3 Å². The molecular weight excluding hydrogens is 172 g/mol. The van der Waals surface area contributed by atoms with Crippen molar-refractivity contribution in [1.82, 2.24) is 0 Å². The van der Waals surface area contributed by atoms with Crippen molar-refractivity contribution >= 4 is 5.97 Å². The van der Waals surface area contributed by atoms with Gasteiger partial charge in [0, 0.05) is 6.42 Å². The quantitative estimate of drug-likeness (QED) is 0.326. The van der Waals surface area contributed by atoms with E-state index >= 15 is 0 Å². The minimum atomic E-state index is -0.721. The highest BCUT2D eigenvalue weighted by molar-refractivity contribution is 5.84. The Morgan fingerprint density at radius 1 is 1.69 bits per heavy atom. The molecule has 70 valence electrons. The van der Waals surface area contributed by atoms with Gasteiger partial charge in [-0.15, -0.1) is 0 Å². The van der Waals surface area contributed by atoms with E-state index in [9.17, 15) is 4.79 Å². The zero-order valence-corrected chi connectivity index (χ0v) is 7.23. The molecule has 4 heteroatoms. The van der Waals surface area contributed by atoms with E-state index in [-0.39, 0.29) is 24.3 Å². The summed E-state index contributed by atoms with van der Waals surface area (Å²) < 4.78 is 15.4. The van der Waals surface area contributed by atoms with E-state index in [1.54, 1.807) is 0 Å². The molecule has 4 atom stereocenters. The standard InChI is InChI=1S/C9H10O4/c1-11-8(10)9-4-2-3-5-6(12-5)7(9)13-9/h2-3,5-7H,4H2,1H3. The van der Waals surface area contributed by atoms with Gasteiger partial charge in [-0.2, -0.15) is 0 Å². The third kappa shape index (κ3) is 0.845. The summed E-state index contributed by atoms with van der Waals surface area (Å²) in [5, 5.41) is 0. The Balaban J connectivity index is 1.87. The van der Waals surface area contributed by atoms with E-state index in [1.807, 2.05) is 12.2 Å². The molecular formula is C9H10O4. The summed E-state index contributed by atoms with van der Waals surface area (Å²) in [6.45, 7) is 0. The van der Waals surface area contributed by atoms with Crippen LogP contribution in [-0.2, 0) is 19.0 Å². The highest BCUT2D eigenvalue weighted by Crippen LogP contribution is 2.51. The van der Waals surface area contributed by atoms with Gasteiger partial charge < -0.3 is 14.2 Å². The first kappa shape index (κ1) is 7.53. The molecule has 1 aliphatic carbocycles. The van der Waals surface area contributed by atoms with E-state index in [2.05, 4.69) is 0 Å². The third-order valence-corrected chi connectivity index (χ3v) is 2.88. The second-order valence-corrected chi connectivity index (χ2v) is 3.62. The van der Waals surface area contributed by atoms with Crippen LogP contribution in [0.4, 0.5) is 0 Å². The Hall–Kier alpha value is -0.870. The number of epoxide rings is 2. The summed E-state index contributed by atoms with van der Waals surface area (Å²) in [5.74, 6) is -0.279. The fourth-order valence-electron chi connectivity index (χ4n) is 2.02. The van der Waals surface area contributed by atoms with Gasteiger partial charge >= 0.3 is 5.97 Å². The second kappa shape index (κ2) is 2.13. The summed E-state index contributed by atoms with van der Waals surface area (Å²) in [4.78, 5) is 11.4. The van der Waals surface area contributed by atoms with Crippen molar-refractivity contribution in [1.29, 1.82) is 0 Å². The molecule has 4 unspecified atom stereocenters. The molecule has 4 nitrogen and oxygen atoms in total. The molecule has 3 rings (SSSR count). The van der Waals surface area contributed by atoms with E-state index in [0.29, 0.717) is 6.42 Å². The van der Waals surface area contributed by atoms with Crippen molar-refractivity contribution in [2.75, 3.05) is 7.11 Å². The van der Waals surface area contributed by atoms with Gasteiger partial charge in [-0.25, -0.2) is 4.79 Å². The number of hydrogen-bond acceptors (Lipinski definition) is 4. The van der Waals surface area contributed by atoms with Gasteiger partial charge in [0.25, 0.3) is 0 Å². The van der Waals surface area contributed by atoms with E-state index in [1.165, 1.54) is 7.11 Å². The fraction of sp³-hybridized carbons (Fsp3) is 0.667. The molecule has 0 bridgehead atoms. The Morgan fingerprint density at radius 3 is 3.31 bits per heavy atom. The lowest BCUT2D eigenvalue weighted by molar-refractivity contribution is -0.146. The monoisotopic (exact) mass is 182 g/mol. The van der Waals surface area contributed by atoms with Gasteiger partial charge in [-0.05, 0) is 0 Å². The number of esters is 1. The Bertz CT molecular complexity index is 298. The SMILES string of the molecule is COC(=O)C12CC=CC3OC3C1O2. The average Bonchev–Trinajstić information content (AvgIpc) is 2.91. The first-order valence-electron chi connectivity index (χ1n) is 4.36. The Labute approximate surface area is 75.5 Å². The lowest BCUT2D eigenvalue weighted by Gasteiger charge is -2.05. The van der Waals surface area contributed by atoms with Crippen molar-refractivity contribution in [2.45, 2.75) is 30.3 Å². The molecule has 0 aromatic rings. The molecule has 2 fully saturated rings. The molecule has 2 aliphatic heterocycles. The molecule has 0 amide bonds. The number of fused-ring (bicyclic) bond motifs is 3. The van der Waals surface area contributed by atoms with Gasteiger partial charge in [0.2, 0.25) is 0 Å². The van der Waals surface area contributed by atoms with Crippen molar-refractivity contribution in [3.8, 4) is 0 Å². The number of carbonyl (C=O) groups is 1. The van der Waals surface area contributed by atoms with Crippen LogP contribution >= 0.6 is 0 Å². The second-order valence-electron chi connectivity index (χ2n) is 3.62. The molecule has 0 saturated carbocycles. The van der Waals surface area contributed by atoms with Gasteiger partial charge in [-0.1, -0.05) is 12.2 Å². The van der Waals surface area contributed by atoms with Gasteiger partial charge in [0.15, 0.2) is 5.60 Å². The van der Waals surface area contributed by atoms with Crippen LogP contribution in [0, 0.1) is 0 Å². The van der Waals surface area contributed by atoms with Crippen molar-refractivity contribution < 1.29 is 19.0 Å². The molecule has 13 heavy (non-hydrogen) atoms. The molecule has 0 aromatic heterocycles. The predicted molar refractivity (Wildman–Crippen MR) is 42.0 cm³/mol. The maximum atomic E-state index is 11.4. The average molecular weight is 182 g/mol. The lowest BCUT2D eigenvalue weighted by atomic mass is 10.0. The summed E-state index contributed by atoms with van der Waals surface area (Å²) in [7, 11) is 1.38. The minimum absolute atomic E-state index is 0.0813. The minimum Gasteiger partial charge on any atom is -0.467 e. The van der Waals surface area contributed by atoms with Gasteiger partial charge in [0.05, 0.1) is 7.11 Å². The van der Waals surface area contributed by atoms with Crippen LogP contribution in [-0.4, -0.2) is 37.0 Å². The number of methoxy groups -OCH3 is 1. The van der Waals surface area contributed by atoms with E-state index in [0.717, 1.165) is 0 Å². The number of carbonyl (C=O) groups excluding carboxylic acids is 1. The van der Waals surface area contributed by atoms with Crippen LogP contribution < -0.4 is 0 Å². The van der Waals surface area contributed by atoms with E-state index < -0.39 is 5.60 Å². The van der Waals surface area contributed by atoms with Crippen molar-refractivity contribution in [3.63, 3.8) is 0 Å². The zero-order valence-electron chi connectivity index (χ0n) is 7.23. The van der Waals surface area contributed by atoms with Crippen LogP contribution in [0.2, 0.25) is 0 Å². The molecule has 3 aliphatic rings. The maximum Gasteiger partial charge on any atom is 0.341 e. The molecule has 0 radical (unpaired) electrons. The van der Waals surface area contributed by atoms with Gasteiger partial charge in [-0.3, -0.25) is 0 Å². The van der Waals surface area contributed by atoms with Crippen LogP contribution in [0.5, 0.6) is 0 Å². The van der Waals surface area contributed by atoms with E-state index in [4.69, 9.17) is 14.2 Å². The van der Waals surface area contributed by atoms with Crippen molar-refractivity contribution in [2.24, 2.45) is 0 Å². The zero-order chi connectivity index (χ0) is 9.05. The Morgan fingerprint density at radius 2 is 2.54 bits per heavy atom. The number of ether oxygens (including phenoxy) is 3. The summed E-state index contributed by atoms with van der Waals surface area (Å²) in [5.41, 5.74) is -0.721. The van der Waals surface area contributed by atoms with Crippen molar-refractivity contribution in [3.05, 3.63) is 12.2 Å². The molecule has 2 saturated heterocycles. The maximum absolute atomic E-state index is 11.4. The molecule has 2 heterocycles. The lowest BCUT2D eigenvalue weighted by Crippen LogP contribution is -2.29. The molecule has 0 aromatic carbocycles. The van der Waals surface area contributed by atoms with Crippen LogP contribution in [0.1, 0.15) is 6.42 Å². The topological polar surface area (TPSA) is 51.4 Å². The summed E-state index contributed by atoms with van der Waals surface area (Å²) in [6, 6.07) is 0. The first-order chi connectivity index (χ1) is 6.28. The van der Waals surface area contributed by atoms with Crippen LogP contribution in [0.15, 0.2) is 12.2 Å². The number of hydrogen-bond donors (Lipinski definition) is 0. The summed E-state index contributed by atoms with van der Waals surface area (Å²) >= 11 is 0. The third-order valence-electron chi connectivity index (χ3n) is 2.88. The fourth-order valence-corrected chi connectivity index (χ4v) is 2.02. The number of rotatable bonds is 1. The van der Waals surface area contributed by atoms with Crippen LogP contribution in [0.25, 0.3) is 0 Å². The molecule has 0 N–H and O–H groups in total.